The molecule has 2 aromatic carbocycles. The van der Waals surface area contributed by atoms with Gasteiger partial charge in [0.1, 0.15) is 11.4 Å². The number of fused-ring (bicyclic) bond motifs is 3. The molecule has 0 amide bonds. The fourth-order valence-corrected chi connectivity index (χ4v) is 4.67. The van der Waals surface area contributed by atoms with E-state index in [9.17, 15) is 4.79 Å². The molecule has 32 heavy (non-hydrogen) atoms. The monoisotopic (exact) mass is 472 g/mol. The zero-order chi connectivity index (χ0) is 20.5. The number of piperidine rings is 1. The molecule has 0 saturated carbocycles. The van der Waals surface area contributed by atoms with E-state index in [1.165, 1.54) is 32.4 Å². The minimum Gasteiger partial charge on any atom is -0.308 e. The third-order valence-electron chi connectivity index (χ3n) is 6.24. The van der Waals surface area contributed by atoms with E-state index in [1.54, 1.807) is 0 Å². The van der Waals surface area contributed by atoms with Crippen molar-refractivity contribution in [1.82, 2.24) is 18.9 Å². The van der Waals surface area contributed by atoms with Crippen LogP contribution in [0.3, 0.4) is 0 Å². The lowest BCUT2D eigenvalue weighted by atomic mass is 10.1. The molecule has 3 heterocycles. The van der Waals surface area contributed by atoms with E-state index < -0.39 is 0 Å². The van der Waals surface area contributed by atoms with Crippen molar-refractivity contribution in [2.24, 2.45) is 0 Å². The molecular formula is C25H30Cl2N4O. The molecule has 0 spiro atoms. The predicted octanol–water partition coefficient (Wildman–Crippen LogP) is 5.88. The third-order valence-corrected chi connectivity index (χ3v) is 6.24. The lowest BCUT2D eigenvalue weighted by Crippen LogP contribution is -2.32. The molecule has 0 aliphatic carbocycles. The molecule has 4 aromatic rings. The first kappa shape index (κ1) is 24.3. The summed E-state index contributed by atoms with van der Waals surface area (Å²) < 4.78 is 4.38. The normalized spacial score (nSPS) is 14.3. The molecular weight excluding hydrogens is 443 g/mol. The Morgan fingerprint density at radius 1 is 0.875 bits per heavy atom. The maximum atomic E-state index is 13.1. The lowest BCUT2D eigenvalue weighted by Gasteiger charge is -2.26. The highest BCUT2D eigenvalue weighted by Crippen LogP contribution is 2.30. The van der Waals surface area contributed by atoms with Gasteiger partial charge in [-0.05, 0) is 38.1 Å². The number of carbonyl (C=O) groups is 1. The molecule has 0 bridgehead atoms. The van der Waals surface area contributed by atoms with Gasteiger partial charge in [-0.2, -0.15) is 0 Å². The van der Waals surface area contributed by atoms with Crippen LogP contribution in [0.4, 0.5) is 0 Å². The van der Waals surface area contributed by atoms with Crippen molar-refractivity contribution < 1.29 is 4.79 Å². The number of likely N-dealkylation sites (tertiary alicyclic amines) is 1. The van der Waals surface area contributed by atoms with Gasteiger partial charge >= 0.3 is 0 Å². The Morgan fingerprint density at radius 2 is 1.53 bits per heavy atom. The fourth-order valence-electron chi connectivity index (χ4n) is 4.67. The van der Waals surface area contributed by atoms with Crippen LogP contribution in [0.5, 0.6) is 0 Å². The Hall–Kier alpha value is -2.34. The van der Waals surface area contributed by atoms with Gasteiger partial charge in [0.25, 0.3) is 0 Å². The summed E-state index contributed by atoms with van der Waals surface area (Å²) in [5, 5.41) is 0. The number of nitrogens with zero attached hydrogens (tertiary/aromatic N) is 4. The molecule has 1 aliphatic heterocycles. The maximum absolute atomic E-state index is 13.1. The van der Waals surface area contributed by atoms with E-state index in [2.05, 4.69) is 32.1 Å². The topological polar surface area (TPSA) is 42.5 Å². The number of hydrogen-bond donors (Lipinski definition) is 0. The Kier molecular flexibility index (Phi) is 7.99. The van der Waals surface area contributed by atoms with Crippen molar-refractivity contribution in [3.63, 3.8) is 0 Å². The zero-order valence-electron chi connectivity index (χ0n) is 18.4. The summed E-state index contributed by atoms with van der Waals surface area (Å²) in [7, 11) is 0. The largest absolute Gasteiger partial charge is 0.308 e. The Bertz CT molecular complexity index is 1190. The van der Waals surface area contributed by atoms with Gasteiger partial charge in [-0.25, -0.2) is 4.98 Å². The Balaban J connectivity index is 0.00000144. The van der Waals surface area contributed by atoms with Crippen LogP contribution in [0.15, 0.2) is 54.6 Å². The standard InChI is InChI=1S/C25H28N4O.2ClH/c1-2-22(30)24-23(19-11-5-3-6-12-19)26-25-28(18-17-27-15-9-4-10-16-27)20-13-7-8-14-21(20)29(24)25;;/h3,5-8,11-14H,2,4,9-10,15-18H2,1H3;2*1H. The second kappa shape index (κ2) is 10.5. The number of benzene rings is 2. The molecule has 0 N–H and O–H groups in total. The summed E-state index contributed by atoms with van der Waals surface area (Å²) in [6, 6.07) is 18.4. The maximum Gasteiger partial charge on any atom is 0.216 e. The summed E-state index contributed by atoms with van der Waals surface area (Å²) >= 11 is 0. The molecule has 1 saturated heterocycles. The van der Waals surface area contributed by atoms with Gasteiger partial charge in [-0.3, -0.25) is 9.20 Å². The van der Waals surface area contributed by atoms with Crippen molar-refractivity contribution in [3.05, 3.63) is 60.3 Å². The second-order valence-electron chi connectivity index (χ2n) is 8.13. The number of ketones is 1. The average Bonchev–Trinajstić information content (AvgIpc) is 3.34. The molecule has 1 fully saturated rings. The van der Waals surface area contributed by atoms with E-state index in [1.807, 2.05) is 43.3 Å². The lowest BCUT2D eigenvalue weighted by molar-refractivity contribution is 0.0983. The number of Topliss-reactive ketones (excluding diaryl/α,β-unsaturated/α-hetero) is 1. The molecule has 2 aromatic heterocycles. The number of rotatable bonds is 6. The van der Waals surface area contributed by atoms with E-state index >= 15 is 0 Å². The van der Waals surface area contributed by atoms with Crippen LogP contribution in [0, 0.1) is 0 Å². The highest BCUT2D eigenvalue weighted by molar-refractivity contribution is 6.03. The number of aromatic nitrogens is 3. The van der Waals surface area contributed by atoms with Crippen molar-refractivity contribution in [1.29, 1.82) is 0 Å². The van der Waals surface area contributed by atoms with Crippen LogP contribution in [-0.4, -0.2) is 44.3 Å². The Morgan fingerprint density at radius 3 is 2.22 bits per heavy atom. The van der Waals surface area contributed by atoms with Crippen LogP contribution in [0.1, 0.15) is 43.1 Å². The van der Waals surface area contributed by atoms with Gasteiger partial charge in [0.15, 0.2) is 5.78 Å². The first-order valence-electron chi connectivity index (χ1n) is 11.1. The first-order chi connectivity index (χ1) is 14.8. The zero-order valence-corrected chi connectivity index (χ0v) is 20.0. The van der Waals surface area contributed by atoms with E-state index in [0.717, 1.165) is 41.2 Å². The summed E-state index contributed by atoms with van der Waals surface area (Å²) in [6.07, 6.45) is 4.38. The fraction of sp³-hybridized carbons (Fsp3) is 0.360. The molecule has 0 radical (unpaired) electrons. The molecule has 5 rings (SSSR count). The quantitative estimate of drug-likeness (QED) is 0.329. The highest BCUT2D eigenvalue weighted by Gasteiger charge is 2.24. The summed E-state index contributed by atoms with van der Waals surface area (Å²) in [4.78, 5) is 20.7. The SMILES string of the molecule is CCC(=O)c1c(-c2ccccc2)nc2n(CCN3CCCCC3)c3ccccc3n12.Cl.Cl. The number of hydrogen-bond acceptors (Lipinski definition) is 3. The minimum atomic E-state index is 0. The van der Waals surface area contributed by atoms with E-state index in [4.69, 9.17) is 4.98 Å². The third kappa shape index (κ3) is 4.29. The van der Waals surface area contributed by atoms with Crippen molar-refractivity contribution in [2.45, 2.75) is 39.2 Å². The van der Waals surface area contributed by atoms with Crippen molar-refractivity contribution in [3.8, 4) is 11.3 Å². The van der Waals surface area contributed by atoms with Crippen LogP contribution in [-0.2, 0) is 6.54 Å². The van der Waals surface area contributed by atoms with Crippen LogP contribution < -0.4 is 0 Å². The highest BCUT2D eigenvalue weighted by atomic mass is 35.5. The minimum absolute atomic E-state index is 0. The summed E-state index contributed by atoms with van der Waals surface area (Å²) in [5.41, 5.74) is 4.67. The van der Waals surface area contributed by atoms with Gasteiger partial charge < -0.3 is 9.47 Å². The average molecular weight is 473 g/mol. The molecule has 1 aliphatic rings. The van der Waals surface area contributed by atoms with Crippen LogP contribution in [0.2, 0.25) is 0 Å². The van der Waals surface area contributed by atoms with Crippen molar-refractivity contribution in [2.75, 3.05) is 19.6 Å². The molecule has 0 atom stereocenters. The van der Waals surface area contributed by atoms with E-state index in [0.29, 0.717) is 12.1 Å². The number of imidazole rings is 2. The van der Waals surface area contributed by atoms with Crippen LogP contribution >= 0.6 is 24.8 Å². The summed E-state index contributed by atoms with van der Waals surface area (Å²) in [5.74, 6) is 0.990. The van der Waals surface area contributed by atoms with Gasteiger partial charge in [0, 0.05) is 25.1 Å². The van der Waals surface area contributed by atoms with Gasteiger partial charge in [-0.1, -0.05) is 55.8 Å². The molecule has 0 unspecified atom stereocenters. The second-order valence-corrected chi connectivity index (χ2v) is 8.13. The van der Waals surface area contributed by atoms with Crippen LogP contribution in [0.25, 0.3) is 28.1 Å². The smallest absolute Gasteiger partial charge is 0.216 e. The molecule has 7 heteroatoms. The first-order valence-corrected chi connectivity index (χ1v) is 11.1. The number of halogens is 2. The van der Waals surface area contributed by atoms with Gasteiger partial charge in [-0.15, -0.1) is 24.8 Å². The van der Waals surface area contributed by atoms with E-state index in [-0.39, 0.29) is 30.6 Å². The number of para-hydroxylation sites is 2. The molecule has 170 valence electrons. The Labute approximate surface area is 201 Å². The summed E-state index contributed by atoms with van der Waals surface area (Å²) in [6.45, 7) is 6.17. The van der Waals surface area contributed by atoms with Gasteiger partial charge in [0.2, 0.25) is 5.78 Å². The predicted molar refractivity (Wildman–Crippen MR) is 136 cm³/mol. The van der Waals surface area contributed by atoms with Crippen molar-refractivity contribution >= 4 is 47.4 Å². The van der Waals surface area contributed by atoms with Gasteiger partial charge in [0.05, 0.1) is 11.0 Å². The number of carbonyl (C=O) groups excluding carboxylic acids is 1. The molecule has 5 nitrogen and oxygen atoms in total.